The zero-order valence-corrected chi connectivity index (χ0v) is 16.4. The smallest absolute Gasteiger partial charge is 0.161 e. The highest BCUT2D eigenvalue weighted by Crippen LogP contribution is 2.27. The predicted molar refractivity (Wildman–Crippen MR) is 100 cm³/mol. The molecule has 0 radical (unpaired) electrons. The largest absolute Gasteiger partial charge is 0.493 e. The zero-order valence-electron chi connectivity index (χ0n) is 13.2. The Balaban J connectivity index is 2.04. The highest BCUT2D eigenvalue weighted by molar-refractivity contribution is 9.13. The number of benzene rings is 2. The Labute approximate surface area is 153 Å². The predicted octanol–water partition coefficient (Wildman–Crippen LogP) is 4.74. The highest BCUT2D eigenvalue weighted by Gasteiger charge is 2.05. The molecule has 0 spiro atoms. The van der Waals surface area contributed by atoms with Crippen molar-refractivity contribution in [2.24, 2.45) is 5.10 Å². The van der Waals surface area contributed by atoms with Crippen LogP contribution in [0.5, 0.6) is 11.5 Å². The summed E-state index contributed by atoms with van der Waals surface area (Å²) in [5.41, 5.74) is 6.12. The number of halogens is 2. The Morgan fingerprint density at radius 1 is 1.00 bits per heavy atom. The van der Waals surface area contributed by atoms with Gasteiger partial charge in [0.25, 0.3) is 0 Å². The number of hydrazone groups is 1. The number of rotatable bonds is 6. The third-order valence-corrected chi connectivity index (χ3v) is 5.19. The second kappa shape index (κ2) is 8.36. The van der Waals surface area contributed by atoms with Crippen molar-refractivity contribution in [3.63, 3.8) is 0 Å². The topological polar surface area (TPSA) is 42.8 Å². The molecule has 0 fully saturated rings. The summed E-state index contributed by atoms with van der Waals surface area (Å²) in [4.78, 5) is 0. The van der Waals surface area contributed by atoms with Gasteiger partial charge in [-0.05, 0) is 74.2 Å². The van der Waals surface area contributed by atoms with E-state index >= 15 is 0 Å². The van der Waals surface area contributed by atoms with Crippen LogP contribution in [0.4, 0.5) is 0 Å². The summed E-state index contributed by atoms with van der Waals surface area (Å²) in [6, 6.07) is 11.8. The SMILES string of the molecule is COc1ccc(CN/N=C(\C)c2ccc(Br)c(Br)c2)cc1OC. The van der Waals surface area contributed by atoms with E-state index < -0.39 is 0 Å². The molecule has 2 aromatic carbocycles. The second-order valence-corrected chi connectivity index (χ2v) is 6.56. The van der Waals surface area contributed by atoms with E-state index in [0.29, 0.717) is 12.3 Å². The minimum atomic E-state index is 0.607. The molecule has 0 amide bonds. The summed E-state index contributed by atoms with van der Waals surface area (Å²) in [5, 5.41) is 4.42. The van der Waals surface area contributed by atoms with Gasteiger partial charge in [0.2, 0.25) is 0 Å². The Morgan fingerprint density at radius 2 is 1.74 bits per heavy atom. The molecule has 23 heavy (non-hydrogen) atoms. The number of hydrogen-bond donors (Lipinski definition) is 1. The summed E-state index contributed by atoms with van der Waals surface area (Å²) in [5.74, 6) is 1.43. The number of methoxy groups -OCH3 is 2. The third kappa shape index (κ3) is 4.72. The fourth-order valence-corrected chi connectivity index (χ4v) is 2.65. The summed E-state index contributed by atoms with van der Waals surface area (Å²) in [6.45, 7) is 2.58. The fourth-order valence-electron chi connectivity index (χ4n) is 2.03. The van der Waals surface area contributed by atoms with Crippen molar-refractivity contribution in [3.05, 3.63) is 56.5 Å². The van der Waals surface area contributed by atoms with Crippen LogP contribution in [0.1, 0.15) is 18.1 Å². The van der Waals surface area contributed by atoms with Gasteiger partial charge < -0.3 is 14.9 Å². The van der Waals surface area contributed by atoms with E-state index in [9.17, 15) is 0 Å². The minimum Gasteiger partial charge on any atom is -0.493 e. The summed E-state index contributed by atoms with van der Waals surface area (Å²) in [6.07, 6.45) is 0. The van der Waals surface area contributed by atoms with E-state index in [4.69, 9.17) is 9.47 Å². The van der Waals surface area contributed by atoms with E-state index in [1.165, 1.54) is 0 Å². The van der Waals surface area contributed by atoms with Gasteiger partial charge in [0.1, 0.15) is 0 Å². The van der Waals surface area contributed by atoms with E-state index in [0.717, 1.165) is 31.5 Å². The molecule has 0 aliphatic rings. The monoisotopic (exact) mass is 440 g/mol. The van der Waals surface area contributed by atoms with E-state index in [-0.39, 0.29) is 0 Å². The summed E-state index contributed by atoms with van der Waals surface area (Å²) in [7, 11) is 3.25. The molecule has 0 saturated carbocycles. The first-order chi connectivity index (χ1) is 11.0. The molecular formula is C17H18Br2N2O2. The van der Waals surface area contributed by atoms with Gasteiger partial charge in [-0.2, -0.15) is 5.10 Å². The molecule has 1 N–H and O–H groups in total. The molecule has 4 nitrogen and oxygen atoms in total. The van der Waals surface area contributed by atoms with Crippen LogP contribution in [0, 0.1) is 0 Å². The standard InChI is InChI=1S/C17H18Br2N2O2/c1-11(13-5-6-14(18)15(19)9-13)21-20-10-12-4-7-16(22-2)17(8-12)23-3/h4-9,20H,10H2,1-3H3/b21-11+. The van der Waals surface area contributed by atoms with E-state index in [1.54, 1.807) is 14.2 Å². The van der Waals surface area contributed by atoms with Gasteiger partial charge in [0.15, 0.2) is 11.5 Å². The average Bonchev–Trinajstić information content (AvgIpc) is 2.57. The van der Waals surface area contributed by atoms with E-state index in [2.05, 4.69) is 42.4 Å². The minimum absolute atomic E-state index is 0.607. The molecule has 0 aliphatic heterocycles. The van der Waals surface area contributed by atoms with Crippen LogP contribution in [-0.4, -0.2) is 19.9 Å². The summed E-state index contributed by atoms with van der Waals surface area (Å²) < 4.78 is 12.6. The molecule has 0 unspecified atom stereocenters. The van der Waals surface area contributed by atoms with Gasteiger partial charge in [-0.3, -0.25) is 0 Å². The lowest BCUT2D eigenvalue weighted by Gasteiger charge is -2.10. The van der Waals surface area contributed by atoms with Crippen molar-refractivity contribution >= 4 is 37.6 Å². The number of ether oxygens (including phenoxy) is 2. The summed E-state index contributed by atoms with van der Waals surface area (Å²) >= 11 is 6.96. The maximum absolute atomic E-state index is 5.30. The lowest BCUT2D eigenvalue weighted by Crippen LogP contribution is -2.09. The maximum Gasteiger partial charge on any atom is 0.161 e. The van der Waals surface area contributed by atoms with Crippen LogP contribution in [0.15, 0.2) is 50.4 Å². The number of nitrogens with zero attached hydrogens (tertiary/aromatic N) is 1. The molecule has 0 heterocycles. The Hall–Kier alpha value is -1.53. The number of hydrogen-bond acceptors (Lipinski definition) is 4. The first kappa shape index (κ1) is 17.8. The average molecular weight is 442 g/mol. The molecule has 0 aliphatic carbocycles. The lowest BCUT2D eigenvalue weighted by molar-refractivity contribution is 0.354. The van der Waals surface area contributed by atoms with Crippen LogP contribution in [0.25, 0.3) is 0 Å². The Morgan fingerprint density at radius 3 is 2.39 bits per heavy atom. The molecule has 0 aromatic heterocycles. The van der Waals surface area contributed by atoms with Crippen molar-refractivity contribution < 1.29 is 9.47 Å². The van der Waals surface area contributed by atoms with Gasteiger partial charge in [-0.1, -0.05) is 12.1 Å². The van der Waals surface area contributed by atoms with Crippen LogP contribution >= 0.6 is 31.9 Å². The van der Waals surface area contributed by atoms with Crippen molar-refractivity contribution in [1.82, 2.24) is 5.43 Å². The Bertz CT molecular complexity index is 718. The van der Waals surface area contributed by atoms with Crippen LogP contribution in [0.2, 0.25) is 0 Å². The first-order valence-corrected chi connectivity index (χ1v) is 8.57. The Kier molecular flexibility index (Phi) is 6.47. The van der Waals surface area contributed by atoms with Gasteiger partial charge in [0, 0.05) is 8.95 Å². The van der Waals surface area contributed by atoms with Gasteiger partial charge in [-0.25, -0.2) is 0 Å². The molecule has 0 bridgehead atoms. The normalized spacial score (nSPS) is 11.3. The van der Waals surface area contributed by atoms with Gasteiger partial charge >= 0.3 is 0 Å². The van der Waals surface area contributed by atoms with Gasteiger partial charge in [-0.15, -0.1) is 0 Å². The zero-order chi connectivity index (χ0) is 16.8. The van der Waals surface area contributed by atoms with Crippen LogP contribution < -0.4 is 14.9 Å². The van der Waals surface area contributed by atoms with Crippen molar-refractivity contribution in [2.45, 2.75) is 13.5 Å². The first-order valence-electron chi connectivity index (χ1n) is 6.98. The third-order valence-electron chi connectivity index (χ3n) is 3.32. The molecule has 122 valence electrons. The van der Waals surface area contributed by atoms with Crippen molar-refractivity contribution in [2.75, 3.05) is 14.2 Å². The maximum atomic E-state index is 5.30. The van der Waals surface area contributed by atoms with Crippen LogP contribution in [-0.2, 0) is 6.54 Å². The number of nitrogens with one attached hydrogen (secondary N) is 1. The van der Waals surface area contributed by atoms with Crippen LogP contribution in [0.3, 0.4) is 0 Å². The molecule has 6 heteroatoms. The van der Waals surface area contributed by atoms with E-state index in [1.807, 2.05) is 43.3 Å². The van der Waals surface area contributed by atoms with Gasteiger partial charge in [0.05, 0.1) is 26.5 Å². The van der Waals surface area contributed by atoms with Crippen molar-refractivity contribution in [3.8, 4) is 11.5 Å². The fraction of sp³-hybridized carbons (Fsp3) is 0.235. The molecule has 2 aromatic rings. The second-order valence-electron chi connectivity index (χ2n) is 4.85. The lowest BCUT2D eigenvalue weighted by atomic mass is 10.1. The highest BCUT2D eigenvalue weighted by atomic mass is 79.9. The quantitative estimate of drug-likeness (QED) is 0.519. The van der Waals surface area contributed by atoms with Crippen molar-refractivity contribution in [1.29, 1.82) is 0 Å². The molecule has 2 rings (SSSR count). The molecule has 0 saturated heterocycles. The molecular weight excluding hydrogens is 424 g/mol. The molecule has 0 atom stereocenters.